The predicted octanol–water partition coefficient (Wildman–Crippen LogP) is 1.33. The highest BCUT2D eigenvalue weighted by Crippen LogP contribution is 2.04. The van der Waals surface area contributed by atoms with Gasteiger partial charge in [-0.15, -0.1) is 0 Å². The van der Waals surface area contributed by atoms with Crippen molar-refractivity contribution >= 4 is 0 Å². The first-order valence-electron chi connectivity index (χ1n) is 3.86. The third-order valence-electron chi connectivity index (χ3n) is 1.71. The predicted molar refractivity (Wildman–Crippen MR) is 44.8 cm³/mol. The van der Waals surface area contributed by atoms with E-state index < -0.39 is 0 Å². The molecule has 4 nitrogen and oxygen atoms in total. The van der Waals surface area contributed by atoms with Crippen LogP contribution >= 0.6 is 0 Å². The highest BCUT2D eigenvalue weighted by molar-refractivity contribution is 5.14. The second-order valence-electron chi connectivity index (χ2n) is 2.67. The Labute approximate surface area is 70.9 Å². The van der Waals surface area contributed by atoms with Crippen LogP contribution in [0.15, 0.2) is 40.7 Å². The van der Waals surface area contributed by atoms with E-state index in [2.05, 4.69) is 28.0 Å². The SMILES string of the molecule is c1ccc(CN2CN=NN2)cc1. The van der Waals surface area contributed by atoms with Gasteiger partial charge in [-0.3, -0.25) is 0 Å². The van der Waals surface area contributed by atoms with Crippen molar-refractivity contribution in [3.8, 4) is 0 Å². The minimum Gasteiger partial charge on any atom is -0.220 e. The lowest BCUT2D eigenvalue weighted by Gasteiger charge is -2.11. The Morgan fingerprint density at radius 3 is 2.83 bits per heavy atom. The molecule has 0 atom stereocenters. The van der Waals surface area contributed by atoms with Gasteiger partial charge in [0.25, 0.3) is 0 Å². The molecule has 0 amide bonds. The highest BCUT2D eigenvalue weighted by atomic mass is 15.8. The second-order valence-corrected chi connectivity index (χ2v) is 2.67. The Balaban J connectivity index is 1.95. The van der Waals surface area contributed by atoms with Gasteiger partial charge in [0.1, 0.15) is 6.67 Å². The molecule has 12 heavy (non-hydrogen) atoms. The molecule has 62 valence electrons. The Morgan fingerprint density at radius 2 is 2.17 bits per heavy atom. The van der Waals surface area contributed by atoms with E-state index in [4.69, 9.17) is 0 Å². The van der Waals surface area contributed by atoms with Crippen molar-refractivity contribution in [2.75, 3.05) is 6.67 Å². The summed E-state index contributed by atoms with van der Waals surface area (Å²) in [4.78, 5) is 0. The van der Waals surface area contributed by atoms with E-state index in [1.165, 1.54) is 5.56 Å². The standard InChI is InChI=1S/C8H10N4/c1-2-4-8(5-3-1)6-12-7-9-10-11-12/h1-5H,6-7H2,(H,9,11). The van der Waals surface area contributed by atoms with E-state index >= 15 is 0 Å². The van der Waals surface area contributed by atoms with Crippen molar-refractivity contribution in [1.29, 1.82) is 0 Å². The average Bonchev–Trinajstić information content (AvgIpc) is 2.59. The molecule has 0 aromatic heterocycles. The summed E-state index contributed by atoms with van der Waals surface area (Å²) in [6.07, 6.45) is 0. The summed E-state index contributed by atoms with van der Waals surface area (Å²) in [6.45, 7) is 1.47. The zero-order valence-electron chi connectivity index (χ0n) is 6.64. The van der Waals surface area contributed by atoms with Gasteiger partial charge in [-0.1, -0.05) is 35.6 Å². The van der Waals surface area contributed by atoms with Crippen molar-refractivity contribution < 1.29 is 0 Å². The summed E-state index contributed by atoms with van der Waals surface area (Å²) in [7, 11) is 0. The molecule has 1 aromatic rings. The van der Waals surface area contributed by atoms with Crippen LogP contribution in [-0.2, 0) is 6.54 Å². The van der Waals surface area contributed by atoms with Crippen molar-refractivity contribution in [2.24, 2.45) is 10.3 Å². The first-order chi connectivity index (χ1) is 5.95. The molecule has 0 spiro atoms. The molecular weight excluding hydrogens is 152 g/mol. The van der Waals surface area contributed by atoms with E-state index in [0.29, 0.717) is 6.67 Å². The first kappa shape index (κ1) is 7.24. The molecule has 0 bridgehead atoms. The summed E-state index contributed by atoms with van der Waals surface area (Å²) in [6, 6.07) is 10.2. The van der Waals surface area contributed by atoms with Crippen LogP contribution in [0.3, 0.4) is 0 Å². The maximum Gasteiger partial charge on any atom is 0.133 e. The van der Waals surface area contributed by atoms with Gasteiger partial charge in [0, 0.05) is 6.54 Å². The summed E-state index contributed by atoms with van der Waals surface area (Å²) >= 11 is 0. The van der Waals surface area contributed by atoms with Gasteiger partial charge in [-0.25, -0.2) is 5.53 Å². The maximum absolute atomic E-state index is 3.80. The highest BCUT2D eigenvalue weighted by Gasteiger charge is 2.06. The van der Waals surface area contributed by atoms with Crippen LogP contribution in [-0.4, -0.2) is 11.7 Å². The fourth-order valence-electron chi connectivity index (χ4n) is 1.12. The minimum atomic E-state index is 0.634. The summed E-state index contributed by atoms with van der Waals surface area (Å²) in [5, 5.41) is 9.40. The number of hydrazine groups is 1. The molecule has 0 unspecified atom stereocenters. The van der Waals surface area contributed by atoms with E-state index in [1.807, 2.05) is 23.2 Å². The largest absolute Gasteiger partial charge is 0.220 e. The van der Waals surface area contributed by atoms with Crippen LogP contribution in [0.5, 0.6) is 0 Å². The van der Waals surface area contributed by atoms with Crippen molar-refractivity contribution in [1.82, 2.24) is 10.5 Å². The third-order valence-corrected chi connectivity index (χ3v) is 1.71. The molecular formula is C8H10N4. The molecule has 0 saturated heterocycles. The topological polar surface area (TPSA) is 40.0 Å². The van der Waals surface area contributed by atoms with Crippen LogP contribution in [0, 0.1) is 0 Å². The second kappa shape index (κ2) is 3.32. The number of benzene rings is 1. The van der Waals surface area contributed by atoms with Gasteiger partial charge in [-0.05, 0) is 5.56 Å². The van der Waals surface area contributed by atoms with Crippen molar-refractivity contribution in [2.45, 2.75) is 6.54 Å². The van der Waals surface area contributed by atoms with Gasteiger partial charge in [0.2, 0.25) is 0 Å². The fraction of sp³-hybridized carbons (Fsp3) is 0.250. The van der Waals surface area contributed by atoms with Crippen LogP contribution in [0.1, 0.15) is 5.56 Å². The Kier molecular flexibility index (Phi) is 2.00. The first-order valence-corrected chi connectivity index (χ1v) is 3.86. The summed E-state index contributed by atoms with van der Waals surface area (Å²) in [5.74, 6) is 0. The van der Waals surface area contributed by atoms with Gasteiger partial charge in [-0.2, -0.15) is 10.1 Å². The van der Waals surface area contributed by atoms with Crippen LogP contribution in [0.2, 0.25) is 0 Å². The van der Waals surface area contributed by atoms with E-state index in [1.54, 1.807) is 0 Å². The quantitative estimate of drug-likeness (QED) is 0.712. The fourth-order valence-corrected chi connectivity index (χ4v) is 1.12. The zero-order chi connectivity index (χ0) is 8.23. The minimum absolute atomic E-state index is 0.634. The number of rotatable bonds is 2. The normalized spacial score (nSPS) is 16.3. The molecule has 0 radical (unpaired) electrons. The van der Waals surface area contributed by atoms with Gasteiger partial charge in [0.15, 0.2) is 0 Å². The molecule has 0 saturated carbocycles. The van der Waals surface area contributed by atoms with Gasteiger partial charge < -0.3 is 0 Å². The number of nitrogens with zero attached hydrogens (tertiary/aromatic N) is 3. The van der Waals surface area contributed by atoms with Gasteiger partial charge >= 0.3 is 0 Å². The van der Waals surface area contributed by atoms with E-state index in [0.717, 1.165) is 6.54 Å². The van der Waals surface area contributed by atoms with Gasteiger partial charge in [0.05, 0.1) is 0 Å². The van der Waals surface area contributed by atoms with E-state index in [-0.39, 0.29) is 0 Å². The lowest BCUT2D eigenvalue weighted by Crippen LogP contribution is -2.28. The Bertz CT molecular complexity index is 262. The lowest BCUT2D eigenvalue weighted by molar-refractivity contribution is 0.228. The molecule has 0 aliphatic carbocycles. The number of nitrogens with one attached hydrogen (secondary N) is 1. The van der Waals surface area contributed by atoms with Crippen LogP contribution in [0.25, 0.3) is 0 Å². The number of hydrogen-bond acceptors (Lipinski definition) is 4. The molecule has 4 heteroatoms. The monoisotopic (exact) mass is 162 g/mol. The molecule has 1 heterocycles. The maximum atomic E-state index is 3.80. The van der Waals surface area contributed by atoms with E-state index in [9.17, 15) is 0 Å². The lowest BCUT2D eigenvalue weighted by atomic mass is 10.2. The molecule has 1 aliphatic heterocycles. The van der Waals surface area contributed by atoms with Crippen molar-refractivity contribution in [3.63, 3.8) is 0 Å². The smallest absolute Gasteiger partial charge is 0.133 e. The zero-order valence-corrected chi connectivity index (χ0v) is 6.64. The molecule has 1 aliphatic rings. The number of hydrogen-bond donors (Lipinski definition) is 1. The van der Waals surface area contributed by atoms with Crippen LogP contribution < -0.4 is 5.53 Å². The average molecular weight is 162 g/mol. The van der Waals surface area contributed by atoms with Crippen molar-refractivity contribution in [3.05, 3.63) is 35.9 Å². The van der Waals surface area contributed by atoms with Crippen LogP contribution in [0.4, 0.5) is 0 Å². The molecule has 1 aromatic carbocycles. The molecule has 1 N–H and O–H groups in total. The molecule has 0 fully saturated rings. The Hall–Kier alpha value is -1.42. The summed E-state index contributed by atoms with van der Waals surface area (Å²) in [5.41, 5.74) is 4.06. The molecule has 2 rings (SSSR count). The third kappa shape index (κ3) is 1.60. The Morgan fingerprint density at radius 1 is 1.33 bits per heavy atom. The summed E-state index contributed by atoms with van der Waals surface area (Å²) < 4.78 is 0.